The Kier molecular flexibility index (Phi) is 8.49. The largest absolute Gasteiger partial charge is 0.493 e. The number of amides is 1. The van der Waals surface area contributed by atoms with Crippen molar-refractivity contribution in [1.82, 2.24) is 14.8 Å². The fourth-order valence-corrected chi connectivity index (χ4v) is 4.20. The third-order valence-corrected chi connectivity index (χ3v) is 6.21. The van der Waals surface area contributed by atoms with Crippen molar-refractivity contribution in [2.75, 3.05) is 17.7 Å². The average Bonchev–Trinajstić information content (AvgIpc) is 3.07. The fraction of sp³-hybridized carbons (Fsp3) is 0.286. The zero-order valence-corrected chi connectivity index (χ0v) is 20.1. The fourth-order valence-electron chi connectivity index (χ4n) is 2.78. The summed E-state index contributed by atoms with van der Waals surface area (Å²) in [7, 11) is 1.88. The molecule has 3 rings (SSSR count). The first-order valence-electron chi connectivity index (χ1n) is 9.48. The van der Waals surface area contributed by atoms with E-state index in [1.807, 2.05) is 36.7 Å². The normalized spacial score (nSPS) is 10.9. The number of hydrogen-bond acceptors (Lipinski definition) is 5. The number of rotatable bonds is 9. The van der Waals surface area contributed by atoms with Gasteiger partial charge in [0.25, 0.3) is 0 Å². The number of carbonyl (C=O) groups excluding carboxylic acids is 1. The van der Waals surface area contributed by atoms with E-state index in [0.29, 0.717) is 38.9 Å². The van der Waals surface area contributed by atoms with Crippen LogP contribution in [0.4, 0.5) is 5.69 Å². The molecule has 164 valence electrons. The molecule has 6 nitrogen and oxygen atoms in total. The molecule has 0 aliphatic heterocycles. The van der Waals surface area contributed by atoms with Crippen molar-refractivity contribution in [3.05, 3.63) is 62.9 Å². The number of nitrogens with zero attached hydrogens (tertiary/aromatic N) is 3. The summed E-state index contributed by atoms with van der Waals surface area (Å²) in [6.45, 7) is 2.52. The summed E-state index contributed by atoms with van der Waals surface area (Å²) < 4.78 is 7.71. The molecular formula is C21H21Cl3N4O2S. The summed E-state index contributed by atoms with van der Waals surface area (Å²) in [6.07, 6.45) is 1.50. The molecule has 1 aromatic heterocycles. The van der Waals surface area contributed by atoms with Crippen molar-refractivity contribution >= 4 is 58.2 Å². The van der Waals surface area contributed by atoms with Crippen LogP contribution in [0.3, 0.4) is 0 Å². The maximum atomic E-state index is 12.2. The van der Waals surface area contributed by atoms with E-state index in [4.69, 9.17) is 39.5 Å². The number of halogens is 3. The van der Waals surface area contributed by atoms with Crippen molar-refractivity contribution in [3.63, 3.8) is 0 Å². The van der Waals surface area contributed by atoms with E-state index in [2.05, 4.69) is 15.5 Å². The number of anilines is 1. The van der Waals surface area contributed by atoms with E-state index in [-0.39, 0.29) is 11.7 Å². The molecule has 0 bridgehead atoms. The van der Waals surface area contributed by atoms with E-state index in [0.717, 1.165) is 23.6 Å². The Bertz CT molecular complexity index is 1070. The van der Waals surface area contributed by atoms with Crippen molar-refractivity contribution < 1.29 is 9.53 Å². The Labute approximate surface area is 200 Å². The summed E-state index contributed by atoms with van der Waals surface area (Å²) in [5, 5.41) is 13.4. The van der Waals surface area contributed by atoms with Gasteiger partial charge in [-0.3, -0.25) is 4.79 Å². The first-order valence-corrected chi connectivity index (χ1v) is 11.6. The van der Waals surface area contributed by atoms with E-state index >= 15 is 0 Å². The highest BCUT2D eigenvalue weighted by Gasteiger charge is 2.13. The smallest absolute Gasteiger partial charge is 0.234 e. The molecule has 0 saturated heterocycles. The SMILES string of the molecule is Cc1cc(Cl)ccc1OCCCc1nnc(SCC(=O)Nc2ccc(Cl)cc2Cl)n1C. The number of aryl methyl sites for hydroxylation is 2. The van der Waals surface area contributed by atoms with Crippen LogP contribution >= 0.6 is 46.6 Å². The van der Waals surface area contributed by atoms with Gasteiger partial charge in [0.15, 0.2) is 5.16 Å². The minimum atomic E-state index is -0.189. The van der Waals surface area contributed by atoms with Gasteiger partial charge in [-0.25, -0.2) is 0 Å². The third-order valence-electron chi connectivity index (χ3n) is 4.40. The van der Waals surface area contributed by atoms with Gasteiger partial charge in [0.05, 0.1) is 23.1 Å². The predicted octanol–water partition coefficient (Wildman–Crippen LogP) is 5.83. The molecule has 2 aromatic carbocycles. The van der Waals surface area contributed by atoms with Crippen LogP contribution in [-0.2, 0) is 18.3 Å². The minimum absolute atomic E-state index is 0.184. The Morgan fingerprint density at radius 2 is 1.87 bits per heavy atom. The zero-order valence-electron chi connectivity index (χ0n) is 17.0. The number of hydrogen-bond donors (Lipinski definition) is 1. The molecule has 0 aliphatic carbocycles. The van der Waals surface area contributed by atoms with Crippen LogP contribution in [0.1, 0.15) is 17.8 Å². The molecule has 0 saturated carbocycles. The third kappa shape index (κ3) is 6.77. The Morgan fingerprint density at radius 3 is 2.61 bits per heavy atom. The number of ether oxygens (including phenoxy) is 1. The van der Waals surface area contributed by atoms with Crippen LogP contribution in [0.2, 0.25) is 15.1 Å². The second-order valence-corrected chi connectivity index (χ2v) is 9.00. The first-order chi connectivity index (χ1) is 14.8. The van der Waals surface area contributed by atoms with E-state index < -0.39 is 0 Å². The highest BCUT2D eigenvalue weighted by molar-refractivity contribution is 7.99. The molecule has 1 amide bonds. The van der Waals surface area contributed by atoms with Gasteiger partial charge in [0.2, 0.25) is 5.91 Å². The van der Waals surface area contributed by atoms with Crippen molar-refractivity contribution in [2.45, 2.75) is 24.9 Å². The summed E-state index contributed by atoms with van der Waals surface area (Å²) >= 11 is 19.2. The predicted molar refractivity (Wildman–Crippen MR) is 127 cm³/mol. The topological polar surface area (TPSA) is 69.0 Å². The molecule has 10 heteroatoms. The lowest BCUT2D eigenvalue weighted by Crippen LogP contribution is -2.14. The highest BCUT2D eigenvalue weighted by Crippen LogP contribution is 2.26. The van der Waals surface area contributed by atoms with E-state index in [9.17, 15) is 4.79 Å². The second kappa shape index (κ2) is 11.1. The molecule has 0 unspecified atom stereocenters. The van der Waals surface area contributed by atoms with Gasteiger partial charge in [-0.15, -0.1) is 10.2 Å². The lowest BCUT2D eigenvalue weighted by atomic mass is 10.2. The molecule has 0 fully saturated rings. The number of aromatic nitrogens is 3. The zero-order chi connectivity index (χ0) is 22.4. The average molecular weight is 500 g/mol. The highest BCUT2D eigenvalue weighted by atomic mass is 35.5. The van der Waals surface area contributed by atoms with Gasteiger partial charge in [-0.05, 0) is 55.3 Å². The molecule has 1 heterocycles. The molecule has 0 atom stereocenters. The number of thioether (sulfide) groups is 1. The molecule has 0 aliphatic rings. The van der Waals surface area contributed by atoms with Gasteiger partial charge in [0.1, 0.15) is 11.6 Å². The minimum Gasteiger partial charge on any atom is -0.493 e. The monoisotopic (exact) mass is 498 g/mol. The van der Waals surface area contributed by atoms with Gasteiger partial charge >= 0.3 is 0 Å². The number of nitrogens with one attached hydrogen (secondary N) is 1. The van der Waals surface area contributed by atoms with Gasteiger partial charge in [-0.2, -0.15) is 0 Å². The molecule has 0 spiro atoms. The lowest BCUT2D eigenvalue weighted by molar-refractivity contribution is -0.113. The van der Waals surface area contributed by atoms with Crippen LogP contribution in [0.5, 0.6) is 5.75 Å². The molecule has 31 heavy (non-hydrogen) atoms. The van der Waals surface area contributed by atoms with E-state index in [1.54, 1.807) is 18.2 Å². The van der Waals surface area contributed by atoms with E-state index in [1.165, 1.54) is 11.8 Å². The maximum absolute atomic E-state index is 12.2. The molecular weight excluding hydrogens is 479 g/mol. The standard InChI is InChI=1S/C21H21Cl3N4O2S/c1-13-10-14(22)6-8-18(13)30-9-3-4-19-26-27-21(28(19)2)31-12-20(29)25-17-7-5-15(23)11-16(17)24/h5-8,10-11H,3-4,9,12H2,1-2H3,(H,25,29). The molecule has 3 aromatic rings. The summed E-state index contributed by atoms with van der Waals surface area (Å²) in [4.78, 5) is 12.2. The van der Waals surface area contributed by atoms with Crippen LogP contribution in [-0.4, -0.2) is 33.0 Å². The summed E-state index contributed by atoms with van der Waals surface area (Å²) in [5.41, 5.74) is 1.52. The first kappa shape index (κ1) is 23.7. The van der Waals surface area contributed by atoms with Gasteiger partial charge in [0, 0.05) is 23.5 Å². The molecule has 0 radical (unpaired) electrons. The summed E-state index contributed by atoms with van der Waals surface area (Å²) in [6, 6.07) is 10.5. The Morgan fingerprint density at radius 1 is 1.13 bits per heavy atom. The van der Waals surface area contributed by atoms with Gasteiger partial charge < -0.3 is 14.6 Å². The second-order valence-electron chi connectivity index (χ2n) is 6.78. The Hall–Kier alpha value is -1.93. The van der Waals surface area contributed by atoms with Crippen LogP contribution in [0.15, 0.2) is 41.6 Å². The number of carbonyl (C=O) groups is 1. The quantitative estimate of drug-likeness (QED) is 0.296. The Balaban J connectivity index is 1.45. The maximum Gasteiger partial charge on any atom is 0.234 e. The summed E-state index contributed by atoms with van der Waals surface area (Å²) in [5.74, 6) is 1.65. The lowest BCUT2D eigenvalue weighted by Gasteiger charge is -2.09. The van der Waals surface area contributed by atoms with Crippen LogP contribution in [0.25, 0.3) is 0 Å². The van der Waals surface area contributed by atoms with Crippen LogP contribution < -0.4 is 10.1 Å². The molecule has 1 N–H and O–H groups in total. The number of benzene rings is 2. The van der Waals surface area contributed by atoms with Crippen LogP contribution in [0, 0.1) is 6.92 Å². The van der Waals surface area contributed by atoms with Crippen molar-refractivity contribution in [2.24, 2.45) is 7.05 Å². The van der Waals surface area contributed by atoms with Gasteiger partial charge in [-0.1, -0.05) is 46.6 Å². The van der Waals surface area contributed by atoms with Crippen molar-refractivity contribution in [3.8, 4) is 5.75 Å². The van der Waals surface area contributed by atoms with Crippen molar-refractivity contribution in [1.29, 1.82) is 0 Å².